The van der Waals surface area contributed by atoms with Gasteiger partial charge >= 0.3 is 0 Å². The maximum atomic E-state index is 13.6. The molecule has 6 heterocycles. The van der Waals surface area contributed by atoms with Gasteiger partial charge in [-0.3, -0.25) is 4.98 Å². The van der Waals surface area contributed by atoms with Crippen LogP contribution in [0.25, 0.3) is 113 Å². The third-order valence-corrected chi connectivity index (χ3v) is 22.1. The summed E-state index contributed by atoms with van der Waals surface area (Å²) < 4.78 is 57.8. The molecule has 0 saturated carbocycles. The average molecular weight is 1580 g/mol. The number of thiazole rings is 3. The average Bonchev–Trinajstić information content (AvgIpc) is 1.45. The Morgan fingerprint density at radius 2 is 0.833 bits per heavy atom. The Bertz CT molecular complexity index is 6050. The van der Waals surface area contributed by atoms with E-state index in [-0.39, 0.29) is 23.3 Å². The van der Waals surface area contributed by atoms with Crippen LogP contribution in [0.3, 0.4) is 0 Å². The summed E-state index contributed by atoms with van der Waals surface area (Å²) in [6, 6.07) is 87.4. The number of aromatic nitrogens is 9. The molecule has 0 bridgehead atoms. The van der Waals surface area contributed by atoms with Crippen molar-refractivity contribution in [3.8, 4) is 125 Å². The third-order valence-electron chi connectivity index (χ3n) is 18.0. The van der Waals surface area contributed by atoms with Gasteiger partial charge in [0.25, 0.3) is 0 Å². The normalized spacial score (nSPS) is 10.5. The fourth-order valence-electron chi connectivity index (χ4n) is 12.1. The number of rotatable bonds is 12. The third kappa shape index (κ3) is 20.8. The van der Waals surface area contributed by atoms with Crippen LogP contribution in [0.2, 0.25) is 5.02 Å². The van der Waals surface area contributed by atoms with Crippen LogP contribution < -0.4 is 4.74 Å². The molecule has 0 aliphatic rings. The minimum Gasteiger partial charge on any atom is -0.497 e. The fourth-order valence-corrected chi connectivity index (χ4v) is 15.6. The van der Waals surface area contributed by atoms with Gasteiger partial charge in [-0.1, -0.05) is 181 Å². The minimum atomic E-state index is -0.234. The number of pyridine rings is 1. The molecule has 0 aliphatic carbocycles. The van der Waals surface area contributed by atoms with Crippen LogP contribution in [0.4, 0.5) is 17.6 Å². The summed E-state index contributed by atoms with van der Waals surface area (Å²) in [5, 5.41) is 20.8. The zero-order valence-electron chi connectivity index (χ0n) is 63.4. The van der Waals surface area contributed by atoms with E-state index < -0.39 is 0 Å². The Morgan fingerprint density at radius 3 is 1.36 bits per heavy atom. The summed E-state index contributed by atoms with van der Waals surface area (Å²) in [4.78, 5) is 31.0. The molecule has 0 spiro atoms. The number of aryl methyl sites for hydroxylation is 6. The molecule has 564 valence electrons. The van der Waals surface area contributed by atoms with Crippen molar-refractivity contribution in [2.24, 2.45) is 0 Å². The van der Waals surface area contributed by atoms with Crippen molar-refractivity contribution in [3.05, 3.63) is 383 Å². The predicted molar refractivity (Wildman–Crippen MR) is 458 cm³/mol. The second-order valence-corrected chi connectivity index (χ2v) is 29.4. The van der Waals surface area contributed by atoms with Crippen LogP contribution in [0.15, 0.2) is 310 Å². The summed E-state index contributed by atoms with van der Waals surface area (Å²) in [5.74, 6) is 0.535. The van der Waals surface area contributed by atoms with Crippen molar-refractivity contribution < 1.29 is 22.3 Å². The lowest BCUT2D eigenvalue weighted by atomic mass is 9.96. The van der Waals surface area contributed by atoms with Crippen LogP contribution in [0.5, 0.6) is 5.75 Å². The number of nitrogens with zero attached hydrogens (tertiary/aromatic N) is 10. The first-order valence-corrected chi connectivity index (χ1v) is 38.9. The van der Waals surface area contributed by atoms with Crippen LogP contribution in [0, 0.1) is 83.1 Å². The van der Waals surface area contributed by atoms with Crippen molar-refractivity contribution in [3.63, 3.8) is 0 Å². The number of benzene rings is 11. The molecule has 0 N–H and O–H groups in total. The van der Waals surface area contributed by atoms with Gasteiger partial charge < -0.3 is 4.74 Å². The molecular weight excluding hydrogens is 1500 g/mol. The molecule has 17 aromatic rings. The molecule has 6 aromatic heterocycles. The lowest BCUT2D eigenvalue weighted by Gasteiger charge is -2.09. The molecular formula is C95H75ClF4N10OS3. The van der Waals surface area contributed by atoms with Gasteiger partial charge in [-0.05, 0) is 224 Å². The zero-order valence-corrected chi connectivity index (χ0v) is 66.6. The minimum absolute atomic E-state index is 0.181. The molecule has 114 heavy (non-hydrogen) atoms. The fraction of sp³-hybridized carbons (Fsp3) is 0.0842. The first-order valence-electron chi connectivity index (χ1n) is 36.1. The van der Waals surface area contributed by atoms with E-state index in [2.05, 4.69) is 108 Å². The van der Waals surface area contributed by atoms with Crippen molar-refractivity contribution in [2.75, 3.05) is 7.11 Å². The summed E-state index contributed by atoms with van der Waals surface area (Å²) in [6.45, 7) is 13.6. The molecule has 19 heteroatoms. The molecule has 11 aromatic carbocycles. The van der Waals surface area contributed by atoms with E-state index in [4.69, 9.17) is 21.6 Å². The van der Waals surface area contributed by atoms with Crippen molar-refractivity contribution in [2.45, 2.75) is 48.5 Å². The van der Waals surface area contributed by atoms with Gasteiger partial charge in [-0.15, -0.1) is 34.0 Å². The first-order chi connectivity index (χ1) is 55.4. The standard InChI is InChI=1S/C18H15N.C17H14FNOS.C16H11ClFNS.C16H12FNS.C16H12N4.C12H11FN2/c1-14-12-16(17-8-5-11-19-13-17)9-10-18(14)15-6-3-2-4-7-15;1-11-16(12-3-7-14(18)8-4-12)21-17(19-11)13-5-9-15(20-2)10-6-13;1-10-15(11-6-8-12(18)9-7-11)20-16(19-10)13-4-2-3-5-14(13)17;1-11-15(12-7-9-14(17)10-8-12)19-16(18-11)13-5-3-2-4-6-13;1-12-9-15(14-4-2-3-13(10-14)11-17)5-6-16(12)20-18-7-8-19-20;1-8-4-5-10(9(2)11(8)13)12-14-6-3-7-15-12/h2-13H,1H3;3-10H,1-2H3;2-9H,1H3;2-10H,1H3;2-10H,1H3;3-7H,1-2H3. The van der Waals surface area contributed by atoms with Gasteiger partial charge in [-0.25, -0.2) is 42.5 Å². The highest BCUT2D eigenvalue weighted by Crippen LogP contribution is 2.40. The SMILES string of the molecule is COc1ccc(-c2nc(C)c(-c3ccc(F)cc3)s2)cc1.Cc1cc(-c2cccc(C#N)c2)ccc1-n1nccn1.Cc1cc(-c2cccnc2)ccc1-c1ccccc1.Cc1ccc(-c2ncccn2)c(C)c1F.Cc1nc(-c2ccccc2)sc1-c1ccc(F)cc1.Cc1nc(-c2ccccc2Cl)sc1-c1ccc(F)cc1. The van der Waals surface area contributed by atoms with E-state index >= 15 is 0 Å². The van der Waals surface area contributed by atoms with Gasteiger partial charge in [0.15, 0.2) is 5.82 Å². The summed E-state index contributed by atoms with van der Waals surface area (Å²) in [5.41, 5.74) is 21.9. The number of methoxy groups -OCH3 is 1. The zero-order chi connectivity index (χ0) is 80.0. The van der Waals surface area contributed by atoms with Gasteiger partial charge in [0, 0.05) is 47.0 Å². The number of nitriles is 1. The molecule has 0 radical (unpaired) electrons. The predicted octanol–water partition coefficient (Wildman–Crippen LogP) is 26.2. The highest BCUT2D eigenvalue weighted by Gasteiger charge is 2.17. The first kappa shape index (κ1) is 80.5. The molecule has 11 nitrogen and oxygen atoms in total. The molecule has 17 rings (SSSR count). The number of ether oxygens (including phenoxy) is 1. The smallest absolute Gasteiger partial charge is 0.159 e. The highest BCUT2D eigenvalue weighted by atomic mass is 35.5. The molecule has 0 unspecified atom stereocenters. The molecule has 0 amide bonds. The Morgan fingerprint density at radius 1 is 0.377 bits per heavy atom. The van der Waals surface area contributed by atoms with Crippen LogP contribution in [-0.4, -0.2) is 52.0 Å². The van der Waals surface area contributed by atoms with Crippen LogP contribution >= 0.6 is 45.6 Å². The topological polar surface area (TPSA) is 141 Å². The Kier molecular flexibility index (Phi) is 27.4. The quantitative estimate of drug-likeness (QED) is 0.109. The van der Waals surface area contributed by atoms with Gasteiger partial charge in [0.2, 0.25) is 0 Å². The van der Waals surface area contributed by atoms with E-state index in [0.717, 1.165) is 119 Å². The van der Waals surface area contributed by atoms with E-state index in [1.807, 2.05) is 161 Å². The van der Waals surface area contributed by atoms with Crippen molar-refractivity contribution >= 4 is 45.6 Å². The maximum Gasteiger partial charge on any atom is 0.159 e. The van der Waals surface area contributed by atoms with Gasteiger partial charge in [0.05, 0.1) is 73.6 Å². The second-order valence-electron chi connectivity index (χ2n) is 26.0. The largest absolute Gasteiger partial charge is 0.497 e. The lowest BCUT2D eigenvalue weighted by molar-refractivity contribution is 0.415. The van der Waals surface area contributed by atoms with E-state index in [9.17, 15) is 17.6 Å². The van der Waals surface area contributed by atoms with E-state index in [1.54, 1.807) is 145 Å². The Balaban J connectivity index is 0.000000127. The number of hydrogen-bond donors (Lipinski definition) is 0. The highest BCUT2D eigenvalue weighted by molar-refractivity contribution is 7.19. The summed E-state index contributed by atoms with van der Waals surface area (Å²) >= 11 is 11.0. The number of hydrogen-bond acceptors (Lipinski definition) is 13. The Hall–Kier alpha value is -13.0. The molecule has 0 saturated heterocycles. The summed E-state index contributed by atoms with van der Waals surface area (Å²) in [6.07, 6.45) is 10.3. The Labute approximate surface area is 677 Å². The van der Waals surface area contributed by atoms with Crippen LogP contribution in [-0.2, 0) is 0 Å². The molecule has 0 fully saturated rings. The second kappa shape index (κ2) is 38.8. The van der Waals surface area contributed by atoms with E-state index in [0.29, 0.717) is 27.5 Å². The van der Waals surface area contributed by atoms with Crippen molar-refractivity contribution in [1.29, 1.82) is 5.26 Å². The summed E-state index contributed by atoms with van der Waals surface area (Å²) in [7, 11) is 1.65. The molecule has 0 aliphatic heterocycles. The lowest BCUT2D eigenvalue weighted by Crippen LogP contribution is -2.00. The molecule has 0 atom stereocenters. The monoisotopic (exact) mass is 1580 g/mol. The van der Waals surface area contributed by atoms with Crippen molar-refractivity contribution in [1.82, 2.24) is 44.9 Å². The van der Waals surface area contributed by atoms with E-state index in [1.165, 1.54) is 58.7 Å². The maximum absolute atomic E-state index is 13.6. The van der Waals surface area contributed by atoms with Gasteiger partial charge in [0.1, 0.15) is 44.0 Å². The van der Waals surface area contributed by atoms with Gasteiger partial charge in [-0.2, -0.15) is 20.3 Å². The number of halogens is 5. The van der Waals surface area contributed by atoms with Crippen LogP contribution in [0.1, 0.15) is 44.9 Å².